The van der Waals surface area contributed by atoms with E-state index in [-0.39, 0.29) is 0 Å². The maximum Gasteiger partial charge on any atom is 0.298 e. The lowest BCUT2D eigenvalue weighted by Crippen LogP contribution is -1.97. The first kappa shape index (κ1) is 19.2. The van der Waals surface area contributed by atoms with Gasteiger partial charge in [-0.15, -0.1) is 0 Å². The summed E-state index contributed by atoms with van der Waals surface area (Å²) in [7, 11) is 1.63. The predicted molar refractivity (Wildman–Crippen MR) is 100 cm³/mol. The zero-order valence-corrected chi connectivity index (χ0v) is 14.9. The highest BCUT2D eigenvalue weighted by molar-refractivity contribution is 5.82. The highest BCUT2D eigenvalue weighted by Crippen LogP contribution is 2.27. The van der Waals surface area contributed by atoms with Crippen LogP contribution in [0.3, 0.4) is 0 Å². The normalized spacial score (nSPS) is 10.9. The summed E-state index contributed by atoms with van der Waals surface area (Å²) in [6.07, 6.45) is 3.41. The van der Waals surface area contributed by atoms with Crippen LogP contribution in [0.15, 0.2) is 42.5 Å². The van der Waals surface area contributed by atoms with Crippen molar-refractivity contribution in [3.05, 3.63) is 59.2 Å². The van der Waals surface area contributed by atoms with E-state index in [2.05, 4.69) is 4.74 Å². The van der Waals surface area contributed by atoms with E-state index >= 15 is 0 Å². The van der Waals surface area contributed by atoms with E-state index in [1.807, 2.05) is 55.5 Å². The summed E-state index contributed by atoms with van der Waals surface area (Å²) in [5.74, 6) is 1.30. The van der Waals surface area contributed by atoms with E-state index in [9.17, 15) is 9.59 Å². The van der Waals surface area contributed by atoms with Gasteiger partial charge in [-0.1, -0.05) is 24.3 Å². The number of aryl methyl sites for hydroxylation is 1. The number of ether oxygens (including phenoxy) is 3. The van der Waals surface area contributed by atoms with Gasteiger partial charge >= 0.3 is 0 Å². The Balaban J connectivity index is 2.20. The molecule has 26 heavy (non-hydrogen) atoms. The van der Waals surface area contributed by atoms with E-state index in [0.29, 0.717) is 31.7 Å². The quantitative estimate of drug-likeness (QED) is 0.368. The summed E-state index contributed by atoms with van der Waals surface area (Å²) in [6, 6.07) is 13.5. The lowest BCUT2D eigenvalue weighted by molar-refractivity contribution is -0.128. The number of benzene rings is 2. The zero-order valence-electron chi connectivity index (χ0n) is 14.9. The molecule has 2 aromatic carbocycles. The van der Waals surface area contributed by atoms with Gasteiger partial charge in [0.15, 0.2) is 0 Å². The number of rotatable bonds is 10. The number of carbonyl (C=O) groups is 2. The standard InChI is InChI=1S/C21H22O5/c1-16(18-7-9-20(24-2)10-8-18)12-19-6-5-17(4-3-11-25-14-22)13-21(19)26-15-23/h5-10,12-15H,3-4,11H2,1-2H3/b16-12+. The van der Waals surface area contributed by atoms with Crippen molar-refractivity contribution in [1.82, 2.24) is 0 Å². The molecule has 0 saturated heterocycles. The predicted octanol–water partition coefficient (Wildman–Crippen LogP) is 3.90. The second-order valence-corrected chi connectivity index (χ2v) is 5.71. The molecule has 0 amide bonds. The lowest BCUT2D eigenvalue weighted by Gasteiger charge is -2.09. The van der Waals surface area contributed by atoms with Crippen molar-refractivity contribution >= 4 is 24.6 Å². The maximum absolute atomic E-state index is 10.8. The molecular weight excluding hydrogens is 332 g/mol. The van der Waals surface area contributed by atoms with E-state index in [0.717, 1.165) is 34.4 Å². The molecule has 5 nitrogen and oxygen atoms in total. The topological polar surface area (TPSA) is 61.8 Å². The maximum atomic E-state index is 10.8. The van der Waals surface area contributed by atoms with Crippen LogP contribution in [0.2, 0.25) is 0 Å². The Bertz CT molecular complexity index is 762. The molecule has 0 aromatic heterocycles. The SMILES string of the molecule is COc1ccc(/C(C)=C/c2ccc(CCCOC=O)cc2OC=O)cc1. The van der Waals surface area contributed by atoms with Gasteiger partial charge in [0.25, 0.3) is 12.9 Å². The zero-order chi connectivity index (χ0) is 18.8. The molecule has 0 aliphatic heterocycles. The van der Waals surface area contributed by atoms with E-state index in [1.54, 1.807) is 7.11 Å². The largest absolute Gasteiger partial charge is 0.497 e. The molecule has 0 atom stereocenters. The first-order valence-corrected chi connectivity index (χ1v) is 8.29. The third-order valence-corrected chi connectivity index (χ3v) is 3.97. The summed E-state index contributed by atoms with van der Waals surface area (Å²) in [6.45, 7) is 3.23. The van der Waals surface area contributed by atoms with Crippen LogP contribution in [0.5, 0.6) is 11.5 Å². The fourth-order valence-corrected chi connectivity index (χ4v) is 2.59. The fourth-order valence-electron chi connectivity index (χ4n) is 2.59. The summed E-state index contributed by atoms with van der Waals surface area (Å²) < 4.78 is 15.0. The van der Waals surface area contributed by atoms with Gasteiger partial charge in [0.1, 0.15) is 11.5 Å². The molecule has 0 radical (unpaired) electrons. The first-order valence-electron chi connectivity index (χ1n) is 8.29. The minimum atomic E-state index is 0.367. The van der Waals surface area contributed by atoms with Crippen molar-refractivity contribution in [1.29, 1.82) is 0 Å². The Hall–Kier alpha value is -3.08. The fraction of sp³-hybridized carbons (Fsp3) is 0.238. The van der Waals surface area contributed by atoms with Crippen molar-refractivity contribution in [2.75, 3.05) is 13.7 Å². The smallest absolute Gasteiger partial charge is 0.298 e. The van der Waals surface area contributed by atoms with E-state index in [4.69, 9.17) is 9.47 Å². The van der Waals surface area contributed by atoms with Gasteiger partial charge < -0.3 is 14.2 Å². The summed E-state index contributed by atoms with van der Waals surface area (Å²) in [5.41, 5.74) is 3.92. The van der Waals surface area contributed by atoms with Crippen LogP contribution in [0.1, 0.15) is 30.0 Å². The van der Waals surface area contributed by atoms with Gasteiger partial charge in [0.2, 0.25) is 0 Å². The number of carbonyl (C=O) groups excluding carboxylic acids is 2. The third kappa shape index (κ3) is 5.48. The van der Waals surface area contributed by atoms with Gasteiger partial charge in [-0.05, 0) is 60.7 Å². The highest BCUT2D eigenvalue weighted by atomic mass is 16.5. The Labute approximate surface area is 153 Å². The summed E-state index contributed by atoms with van der Waals surface area (Å²) >= 11 is 0. The van der Waals surface area contributed by atoms with Gasteiger partial charge in [-0.25, -0.2) is 0 Å². The molecule has 0 aliphatic rings. The molecule has 0 aliphatic carbocycles. The van der Waals surface area contributed by atoms with Crippen molar-refractivity contribution < 1.29 is 23.8 Å². The molecular formula is C21H22O5. The van der Waals surface area contributed by atoms with Gasteiger partial charge in [0, 0.05) is 5.56 Å². The van der Waals surface area contributed by atoms with Crippen LogP contribution in [-0.4, -0.2) is 26.7 Å². The van der Waals surface area contributed by atoms with E-state index < -0.39 is 0 Å². The second kappa shape index (κ2) is 10.0. The summed E-state index contributed by atoms with van der Waals surface area (Å²) in [5, 5.41) is 0. The van der Waals surface area contributed by atoms with Crippen LogP contribution in [0, 0.1) is 0 Å². The van der Waals surface area contributed by atoms with Crippen molar-refractivity contribution in [3.63, 3.8) is 0 Å². The number of hydrogen-bond donors (Lipinski definition) is 0. The lowest BCUT2D eigenvalue weighted by atomic mass is 10.0. The van der Waals surface area contributed by atoms with Gasteiger partial charge in [0.05, 0.1) is 13.7 Å². The number of methoxy groups -OCH3 is 1. The summed E-state index contributed by atoms with van der Waals surface area (Å²) in [4.78, 5) is 21.0. The average Bonchev–Trinajstić information content (AvgIpc) is 2.67. The molecule has 0 unspecified atom stereocenters. The average molecular weight is 354 g/mol. The highest BCUT2D eigenvalue weighted by Gasteiger charge is 2.06. The second-order valence-electron chi connectivity index (χ2n) is 5.71. The molecule has 0 fully saturated rings. The van der Waals surface area contributed by atoms with Crippen LogP contribution in [-0.2, 0) is 20.7 Å². The molecule has 0 saturated carbocycles. The molecule has 5 heteroatoms. The van der Waals surface area contributed by atoms with Crippen LogP contribution >= 0.6 is 0 Å². The molecule has 0 heterocycles. The number of allylic oxidation sites excluding steroid dienone is 1. The molecule has 0 spiro atoms. The van der Waals surface area contributed by atoms with Crippen LogP contribution < -0.4 is 9.47 Å². The first-order chi connectivity index (χ1) is 12.7. The monoisotopic (exact) mass is 354 g/mol. The van der Waals surface area contributed by atoms with Crippen molar-refractivity contribution in [2.24, 2.45) is 0 Å². The van der Waals surface area contributed by atoms with Crippen molar-refractivity contribution in [3.8, 4) is 11.5 Å². The Morgan fingerprint density at radius 3 is 2.46 bits per heavy atom. The number of hydrogen-bond acceptors (Lipinski definition) is 5. The molecule has 2 rings (SSSR count). The van der Waals surface area contributed by atoms with Gasteiger partial charge in [-0.3, -0.25) is 9.59 Å². The van der Waals surface area contributed by atoms with Crippen molar-refractivity contribution in [2.45, 2.75) is 19.8 Å². The molecule has 136 valence electrons. The molecule has 0 N–H and O–H groups in total. The Morgan fingerprint density at radius 1 is 1.04 bits per heavy atom. The van der Waals surface area contributed by atoms with Gasteiger partial charge in [-0.2, -0.15) is 0 Å². The van der Waals surface area contributed by atoms with Crippen LogP contribution in [0.25, 0.3) is 11.6 Å². The molecule has 2 aromatic rings. The van der Waals surface area contributed by atoms with E-state index in [1.165, 1.54) is 0 Å². The third-order valence-electron chi connectivity index (χ3n) is 3.97. The minimum Gasteiger partial charge on any atom is -0.497 e. The molecule has 0 bridgehead atoms. The Morgan fingerprint density at radius 2 is 1.81 bits per heavy atom. The van der Waals surface area contributed by atoms with Crippen LogP contribution in [0.4, 0.5) is 0 Å². The minimum absolute atomic E-state index is 0.367. The Kier molecular flexibility index (Phi) is 7.43.